The zero-order chi connectivity index (χ0) is 22.3. The van der Waals surface area contributed by atoms with Gasteiger partial charge in [-0.25, -0.2) is 4.98 Å². The van der Waals surface area contributed by atoms with Gasteiger partial charge in [0.25, 0.3) is 11.8 Å². The van der Waals surface area contributed by atoms with Gasteiger partial charge in [0, 0.05) is 62.6 Å². The summed E-state index contributed by atoms with van der Waals surface area (Å²) in [6, 6.07) is 14.2. The number of carbonyl (C=O) groups is 2. The molecule has 4 rings (SSSR count). The lowest BCUT2D eigenvalue weighted by Gasteiger charge is -2.33. The number of anilines is 2. The smallest absolute Gasteiger partial charge is 0.257 e. The largest absolute Gasteiger partial charge is 0.354 e. The summed E-state index contributed by atoms with van der Waals surface area (Å²) < 4.78 is 0. The average molecular weight is 431 g/mol. The van der Waals surface area contributed by atoms with E-state index < -0.39 is 0 Å². The van der Waals surface area contributed by atoms with E-state index in [1.807, 2.05) is 12.1 Å². The van der Waals surface area contributed by atoms with Crippen molar-refractivity contribution in [1.29, 1.82) is 0 Å². The first-order valence-electron chi connectivity index (χ1n) is 10.6. The second-order valence-electron chi connectivity index (χ2n) is 7.77. The summed E-state index contributed by atoms with van der Waals surface area (Å²) in [6.45, 7) is 4.30. The van der Waals surface area contributed by atoms with E-state index in [1.165, 1.54) is 6.20 Å². The third kappa shape index (κ3) is 5.47. The van der Waals surface area contributed by atoms with Gasteiger partial charge in [0.15, 0.2) is 0 Å². The maximum atomic E-state index is 12.7. The fraction of sp³-hybridized carbons (Fsp3) is 0.250. The summed E-state index contributed by atoms with van der Waals surface area (Å²) in [4.78, 5) is 38.0. The molecule has 2 N–H and O–H groups in total. The number of carbonyl (C=O) groups excluding carboxylic acids is 2. The number of likely N-dealkylation sites (N-methyl/N-ethyl adjacent to an activating group) is 1. The lowest BCUT2D eigenvalue weighted by atomic mass is 10.1. The molecule has 2 aromatic heterocycles. The van der Waals surface area contributed by atoms with E-state index in [1.54, 1.807) is 48.8 Å². The highest BCUT2D eigenvalue weighted by Gasteiger charge is 2.16. The highest BCUT2D eigenvalue weighted by atomic mass is 16.2. The predicted molar refractivity (Wildman–Crippen MR) is 124 cm³/mol. The van der Waals surface area contributed by atoms with Crippen LogP contribution in [0.4, 0.5) is 11.5 Å². The Balaban J connectivity index is 1.36. The lowest BCUT2D eigenvalue weighted by molar-refractivity contribution is 0.0949. The number of nitrogens with zero attached hydrogens (tertiary/aromatic N) is 4. The molecule has 0 aliphatic carbocycles. The molecular formula is C24H26N6O2. The second-order valence-corrected chi connectivity index (χ2v) is 7.77. The normalized spacial score (nSPS) is 14.1. The van der Waals surface area contributed by atoms with Crippen molar-refractivity contribution in [2.75, 3.05) is 43.4 Å². The summed E-state index contributed by atoms with van der Waals surface area (Å²) in [5.41, 5.74) is 2.47. The van der Waals surface area contributed by atoms with Gasteiger partial charge in [0.2, 0.25) is 0 Å². The van der Waals surface area contributed by atoms with Gasteiger partial charge >= 0.3 is 0 Å². The Hall–Kier alpha value is -3.78. The van der Waals surface area contributed by atoms with Crippen molar-refractivity contribution in [3.63, 3.8) is 0 Å². The minimum Gasteiger partial charge on any atom is -0.354 e. The summed E-state index contributed by atoms with van der Waals surface area (Å²) in [5.74, 6) is 0.453. The van der Waals surface area contributed by atoms with Crippen LogP contribution in [0.1, 0.15) is 26.3 Å². The molecule has 0 bridgehead atoms. The highest BCUT2D eigenvalue weighted by molar-refractivity contribution is 6.04. The number of hydrogen-bond donors (Lipinski definition) is 2. The quantitative estimate of drug-likeness (QED) is 0.624. The third-order valence-corrected chi connectivity index (χ3v) is 5.40. The van der Waals surface area contributed by atoms with E-state index >= 15 is 0 Å². The molecule has 3 aromatic rings. The van der Waals surface area contributed by atoms with Gasteiger partial charge in [-0.2, -0.15) is 0 Å². The van der Waals surface area contributed by atoms with Gasteiger partial charge in [0.1, 0.15) is 5.82 Å². The van der Waals surface area contributed by atoms with Crippen molar-refractivity contribution in [3.05, 3.63) is 83.8 Å². The molecule has 1 aliphatic rings. The second kappa shape index (κ2) is 10.0. The Kier molecular flexibility index (Phi) is 6.72. The maximum Gasteiger partial charge on any atom is 0.257 e. The Morgan fingerprint density at radius 3 is 2.53 bits per heavy atom. The van der Waals surface area contributed by atoms with Crippen LogP contribution in [0.15, 0.2) is 67.1 Å². The molecule has 1 aliphatic heterocycles. The molecule has 0 saturated carbocycles. The third-order valence-electron chi connectivity index (χ3n) is 5.40. The molecule has 2 amide bonds. The van der Waals surface area contributed by atoms with Crippen LogP contribution < -0.4 is 15.5 Å². The van der Waals surface area contributed by atoms with Crippen molar-refractivity contribution in [2.45, 2.75) is 6.54 Å². The summed E-state index contributed by atoms with van der Waals surface area (Å²) in [6.07, 6.45) is 4.89. The van der Waals surface area contributed by atoms with E-state index in [0.29, 0.717) is 23.4 Å². The molecule has 1 aromatic carbocycles. The van der Waals surface area contributed by atoms with E-state index in [0.717, 1.165) is 37.6 Å². The average Bonchev–Trinajstić information content (AvgIpc) is 2.84. The van der Waals surface area contributed by atoms with Crippen LogP contribution in [-0.2, 0) is 6.54 Å². The number of amides is 2. The van der Waals surface area contributed by atoms with Crippen LogP contribution >= 0.6 is 0 Å². The van der Waals surface area contributed by atoms with E-state index in [4.69, 9.17) is 0 Å². The van der Waals surface area contributed by atoms with Crippen molar-refractivity contribution < 1.29 is 9.59 Å². The van der Waals surface area contributed by atoms with Crippen LogP contribution in [0.5, 0.6) is 0 Å². The van der Waals surface area contributed by atoms with Crippen LogP contribution in [0.25, 0.3) is 0 Å². The zero-order valence-corrected chi connectivity index (χ0v) is 18.0. The van der Waals surface area contributed by atoms with Gasteiger partial charge in [-0.05, 0) is 55.1 Å². The number of hydrogen-bond acceptors (Lipinski definition) is 6. The number of benzene rings is 1. The Labute approximate surface area is 187 Å². The first-order valence-corrected chi connectivity index (χ1v) is 10.6. The van der Waals surface area contributed by atoms with Gasteiger partial charge in [-0.1, -0.05) is 6.07 Å². The van der Waals surface area contributed by atoms with E-state index in [-0.39, 0.29) is 11.8 Å². The fourth-order valence-corrected chi connectivity index (χ4v) is 3.50. The van der Waals surface area contributed by atoms with Crippen molar-refractivity contribution in [2.24, 2.45) is 0 Å². The minimum absolute atomic E-state index is 0.208. The molecule has 0 spiro atoms. The molecule has 32 heavy (non-hydrogen) atoms. The van der Waals surface area contributed by atoms with E-state index in [9.17, 15) is 9.59 Å². The molecule has 8 nitrogen and oxygen atoms in total. The van der Waals surface area contributed by atoms with Crippen LogP contribution in [0.3, 0.4) is 0 Å². The molecular weight excluding hydrogens is 404 g/mol. The Morgan fingerprint density at radius 2 is 1.75 bits per heavy atom. The molecule has 1 fully saturated rings. The number of pyridine rings is 2. The zero-order valence-electron chi connectivity index (χ0n) is 18.0. The van der Waals surface area contributed by atoms with Crippen molar-refractivity contribution in [1.82, 2.24) is 20.2 Å². The summed E-state index contributed by atoms with van der Waals surface area (Å²) in [5, 5.41) is 5.75. The van der Waals surface area contributed by atoms with Gasteiger partial charge in [-0.3, -0.25) is 14.6 Å². The molecule has 1 saturated heterocycles. The molecule has 3 heterocycles. The molecule has 0 unspecified atom stereocenters. The maximum absolute atomic E-state index is 12.7. The van der Waals surface area contributed by atoms with Crippen LogP contribution in [0.2, 0.25) is 0 Å². The standard InChI is InChI=1S/C24H26N6O2/c1-29-10-12-30(13-11-29)22-14-18(7-9-26-22)16-27-23(31)19-4-2-6-21(15-19)28-24(32)20-5-3-8-25-17-20/h2-9,14-15,17H,10-13,16H2,1H3,(H,27,31)(H,28,32). The lowest BCUT2D eigenvalue weighted by Crippen LogP contribution is -2.44. The molecule has 0 radical (unpaired) electrons. The van der Waals surface area contributed by atoms with Crippen molar-refractivity contribution in [3.8, 4) is 0 Å². The Bertz CT molecular complexity index is 1080. The number of piperazine rings is 1. The topological polar surface area (TPSA) is 90.5 Å². The Morgan fingerprint density at radius 1 is 0.938 bits per heavy atom. The molecule has 164 valence electrons. The fourth-order valence-electron chi connectivity index (χ4n) is 3.50. The van der Waals surface area contributed by atoms with Crippen molar-refractivity contribution >= 4 is 23.3 Å². The van der Waals surface area contributed by atoms with Gasteiger partial charge < -0.3 is 20.4 Å². The highest BCUT2D eigenvalue weighted by Crippen LogP contribution is 2.16. The summed E-state index contributed by atoms with van der Waals surface area (Å²) >= 11 is 0. The first-order chi connectivity index (χ1) is 15.6. The number of aromatic nitrogens is 2. The minimum atomic E-state index is -0.274. The predicted octanol–water partition coefficient (Wildman–Crippen LogP) is 2.41. The van der Waals surface area contributed by atoms with Crippen LogP contribution in [-0.4, -0.2) is 59.9 Å². The van der Waals surface area contributed by atoms with E-state index in [2.05, 4.69) is 37.4 Å². The van der Waals surface area contributed by atoms with Gasteiger partial charge in [-0.15, -0.1) is 0 Å². The first kappa shape index (κ1) is 21.5. The number of rotatable bonds is 6. The number of nitrogens with one attached hydrogen (secondary N) is 2. The monoisotopic (exact) mass is 430 g/mol. The van der Waals surface area contributed by atoms with Gasteiger partial charge in [0.05, 0.1) is 5.56 Å². The summed E-state index contributed by atoms with van der Waals surface area (Å²) in [7, 11) is 2.12. The molecule has 8 heteroatoms. The van der Waals surface area contributed by atoms with Crippen LogP contribution in [0, 0.1) is 0 Å². The SMILES string of the molecule is CN1CCN(c2cc(CNC(=O)c3cccc(NC(=O)c4cccnc4)c3)ccn2)CC1. The molecule has 0 atom stereocenters.